The Labute approximate surface area is 204 Å². The van der Waals surface area contributed by atoms with Crippen molar-refractivity contribution >= 4 is 69.2 Å². The molecular formula is C25H16Cl3NO4. The van der Waals surface area contributed by atoms with Crippen LogP contribution in [0.1, 0.15) is 21.7 Å². The summed E-state index contributed by atoms with van der Waals surface area (Å²) in [6, 6.07) is 16.6. The Morgan fingerprint density at radius 1 is 0.970 bits per heavy atom. The van der Waals surface area contributed by atoms with Crippen LogP contribution in [-0.4, -0.2) is 18.8 Å². The number of ketones is 1. The number of para-hydroxylation sites is 1. The van der Waals surface area contributed by atoms with Gasteiger partial charge in [0.25, 0.3) is 0 Å². The summed E-state index contributed by atoms with van der Waals surface area (Å²) in [4.78, 5) is 25.9. The van der Waals surface area contributed by atoms with E-state index in [4.69, 9.17) is 44.0 Å². The molecule has 166 valence electrons. The van der Waals surface area contributed by atoms with E-state index >= 15 is 0 Å². The van der Waals surface area contributed by atoms with Gasteiger partial charge in [-0.2, -0.15) is 0 Å². The number of anilines is 1. The zero-order valence-electron chi connectivity index (χ0n) is 17.2. The third kappa shape index (κ3) is 4.91. The second-order valence-electron chi connectivity index (χ2n) is 6.97. The van der Waals surface area contributed by atoms with E-state index in [1.165, 1.54) is 19.3 Å². The SMILES string of the molecule is COc1ccc(C(=O)c2oc3ccccc3c2NC(=O)/C=C/c2ccc(Cl)cc2Cl)cc1Cl. The van der Waals surface area contributed by atoms with Gasteiger partial charge in [-0.3, -0.25) is 9.59 Å². The Morgan fingerprint density at radius 3 is 2.48 bits per heavy atom. The fourth-order valence-corrected chi connectivity index (χ4v) is 3.96. The number of ether oxygens (including phenoxy) is 1. The number of halogens is 3. The summed E-state index contributed by atoms with van der Waals surface area (Å²) in [6.45, 7) is 0. The number of hydrogen-bond donors (Lipinski definition) is 1. The number of carbonyl (C=O) groups is 2. The van der Waals surface area contributed by atoms with Gasteiger partial charge in [-0.1, -0.05) is 53.0 Å². The number of amides is 1. The summed E-state index contributed by atoms with van der Waals surface area (Å²) in [7, 11) is 1.49. The number of carbonyl (C=O) groups excluding carboxylic acids is 2. The van der Waals surface area contributed by atoms with Gasteiger partial charge in [0.1, 0.15) is 11.3 Å². The van der Waals surface area contributed by atoms with E-state index < -0.39 is 11.7 Å². The van der Waals surface area contributed by atoms with Crippen molar-refractivity contribution in [2.45, 2.75) is 0 Å². The highest BCUT2D eigenvalue weighted by molar-refractivity contribution is 6.35. The van der Waals surface area contributed by atoms with Crippen molar-refractivity contribution in [2.75, 3.05) is 12.4 Å². The Balaban J connectivity index is 1.68. The third-order valence-corrected chi connectivity index (χ3v) is 5.70. The average Bonchev–Trinajstić information content (AvgIpc) is 3.16. The van der Waals surface area contributed by atoms with Crippen LogP contribution in [-0.2, 0) is 4.79 Å². The van der Waals surface area contributed by atoms with Crippen LogP contribution in [0.4, 0.5) is 5.69 Å². The van der Waals surface area contributed by atoms with Crippen LogP contribution < -0.4 is 10.1 Å². The largest absolute Gasteiger partial charge is 0.495 e. The van der Waals surface area contributed by atoms with Crippen molar-refractivity contribution in [1.29, 1.82) is 0 Å². The smallest absolute Gasteiger partial charge is 0.248 e. The molecule has 0 radical (unpaired) electrons. The van der Waals surface area contributed by atoms with Gasteiger partial charge in [0.15, 0.2) is 5.76 Å². The Hall–Kier alpha value is -3.25. The fourth-order valence-electron chi connectivity index (χ4n) is 3.24. The first-order valence-corrected chi connectivity index (χ1v) is 10.8. The van der Waals surface area contributed by atoms with Crippen LogP contribution >= 0.6 is 34.8 Å². The van der Waals surface area contributed by atoms with Crippen LogP contribution in [0.2, 0.25) is 15.1 Å². The molecule has 0 saturated carbocycles. The Kier molecular flexibility index (Phi) is 6.75. The topological polar surface area (TPSA) is 68.5 Å². The predicted octanol–water partition coefficient (Wildman–Crippen LogP) is 7.28. The van der Waals surface area contributed by atoms with E-state index in [0.29, 0.717) is 37.9 Å². The number of rotatable bonds is 6. The van der Waals surface area contributed by atoms with Gasteiger partial charge < -0.3 is 14.5 Å². The quantitative estimate of drug-likeness (QED) is 0.223. The number of furan rings is 1. The summed E-state index contributed by atoms with van der Waals surface area (Å²) in [5.74, 6) is -0.466. The molecule has 0 fully saturated rings. The molecule has 5 nitrogen and oxygen atoms in total. The van der Waals surface area contributed by atoms with Crippen molar-refractivity contribution < 1.29 is 18.7 Å². The molecule has 4 aromatic rings. The van der Waals surface area contributed by atoms with E-state index in [0.717, 1.165) is 0 Å². The maximum atomic E-state index is 13.2. The molecule has 0 aliphatic heterocycles. The van der Waals surface area contributed by atoms with Crippen LogP contribution in [0.25, 0.3) is 17.0 Å². The lowest BCUT2D eigenvalue weighted by atomic mass is 10.1. The first-order chi connectivity index (χ1) is 15.9. The van der Waals surface area contributed by atoms with Gasteiger partial charge in [-0.25, -0.2) is 0 Å². The number of methoxy groups -OCH3 is 1. The van der Waals surface area contributed by atoms with E-state index in [9.17, 15) is 9.59 Å². The standard InChI is InChI=1S/C25H16Cl3NO4/c1-32-21-10-7-15(12-19(21)28)24(31)25-23(17-4-2-3-5-20(17)33-25)29-22(30)11-8-14-6-9-16(26)13-18(14)27/h2-13H,1H3,(H,29,30)/b11-8+. The fraction of sp³-hybridized carbons (Fsp3) is 0.0400. The summed E-state index contributed by atoms with van der Waals surface area (Å²) in [6.07, 6.45) is 2.87. The van der Waals surface area contributed by atoms with E-state index in [2.05, 4.69) is 5.32 Å². The number of nitrogens with one attached hydrogen (secondary N) is 1. The average molecular weight is 501 g/mol. The molecule has 0 saturated heterocycles. The van der Waals surface area contributed by atoms with Gasteiger partial charge >= 0.3 is 0 Å². The monoisotopic (exact) mass is 499 g/mol. The molecule has 0 spiro atoms. The minimum absolute atomic E-state index is 0.0105. The van der Waals surface area contributed by atoms with Gasteiger partial charge in [0.05, 0.1) is 17.8 Å². The molecule has 0 atom stereocenters. The van der Waals surface area contributed by atoms with Gasteiger partial charge in [0, 0.05) is 27.1 Å². The molecule has 0 aliphatic rings. The molecule has 33 heavy (non-hydrogen) atoms. The summed E-state index contributed by atoms with van der Waals surface area (Å²) in [5, 5.41) is 4.53. The molecule has 1 heterocycles. The molecule has 1 N–H and O–H groups in total. The highest BCUT2D eigenvalue weighted by atomic mass is 35.5. The highest BCUT2D eigenvalue weighted by Gasteiger charge is 2.23. The zero-order chi connectivity index (χ0) is 23.5. The van der Waals surface area contributed by atoms with Crippen LogP contribution in [0.5, 0.6) is 5.75 Å². The molecule has 1 aromatic heterocycles. The molecular weight excluding hydrogens is 485 g/mol. The molecule has 3 aromatic carbocycles. The molecule has 0 bridgehead atoms. The predicted molar refractivity (Wildman–Crippen MR) is 132 cm³/mol. The van der Waals surface area contributed by atoms with Crippen molar-refractivity contribution in [3.05, 3.63) is 98.7 Å². The van der Waals surface area contributed by atoms with Crippen molar-refractivity contribution in [1.82, 2.24) is 0 Å². The Morgan fingerprint density at radius 2 is 1.76 bits per heavy atom. The van der Waals surface area contributed by atoms with Gasteiger partial charge in [0.2, 0.25) is 11.7 Å². The lowest BCUT2D eigenvalue weighted by Crippen LogP contribution is -2.11. The van der Waals surface area contributed by atoms with Crippen molar-refractivity contribution in [3.8, 4) is 5.75 Å². The number of benzene rings is 3. The molecule has 8 heteroatoms. The van der Waals surface area contributed by atoms with E-state index in [1.54, 1.807) is 60.7 Å². The Bertz CT molecular complexity index is 1410. The van der Waals surface area contributed by atoms with Crippen LogP contribution in [0.3, 0.4) is 0 Å². The second-order valence-corrected chi connectivity index (χ2v) is 8.22. The highest BCUT2D eigenvalue weighted by Crippen LogP contribution is 2.34. The first-order valence-electron chi connectivity index (χ1n) is 9.71. The van der Waals surface area contributed by atoms with Crippen molar-refractivity contribution in [2.24, 2.45) is 0 Å². The second kappa shape index (κ2) is 9.71. The third-order valence-electron chi connectivity index (χ3n) is 4.84. The summed E-state index contributed by atoms with van der Waals surface area (Å²) in [5.41, 5.74) is 1.64. The lowest BCUT2D eigenvalue weighted by molar-refractivity contribution is -0.111. The first kappa shape index (κ1) is 22.9. The molecule has 0 aliphatic carbocycles. The van der Waals surface area contributed by atoms with Gasteiger partial charge in [-0.15, -0.1) is 0 Å². The number of hydrogen-bond acceptors (Lipinski definition) is 4. The minimum Gasteiger partial charge on any atom is -0.495 e. The minimum atomic E-state index is -0.464. The molecule has 1 amide bonds. The maximum absolute atomic E-state index is 13.2. The van der Waals surface area contributed by atoms with Crippen LogP contribution in [0, 0.1) is 0 Å². The maximum Gasteiger partial charge on any atom is 0.248 e. The normalized spacial score (nSPS) is 11.2. The van der Waals surface area contributed by atoms with Crippen LogP contribution in [0.15, 0.2) is 71.2 Å². The van der Waals surface area contributed by atoms with E-state index in [1.807, 2.05) is 0 Å². The van der Waals surface area contributed by atoms with Crippen molar-refractivity contribution in [3.63, 3.8) is 0 Å². The van der Waals surface area contributed by atoms with Gasteiger partial charge in [-0.05, 0) is 54.1 Å². The zero-order valence-corrected chi connectivity index (χ0v) is 19.5. The molecule has 4 rings (SSSR count). The molecule has 0 unspecified atom stereocenters. The summed E-state index contributed by atoms with van der Waals surface area (Å²) < 4.78 is 10.9. The number of fused-ring (bicyclic) bond motifs is 1. The van der Waals surface area contributed by atoms with E-state index in [-0.39, 0.29) is 16.5 Å². The summed E-state index contributed by atoms with van der Waals surface area (Å²) >= 11 is 18.2. The lowest BCUT2D eigenvalue weighted by Gasteiger charge is -2.06.